The topological polar surface area (TPSA) is 83.7 Å². The molecule has 0 bridgehead atoms. The molecule has 0 aliphatic rings. The summed E-state index contributed by atoms with van der Waals surface area (Å²) >= 11 is 6.14. The molecule has 0 radical (unpaired) electrons. The molecule has 1 N–H and O–H groups in total. The Labute approximate surface area is 183 Å². The molecular weight excluding hydrogens is 421 g/mol. The number of carbonyl (C=O) groups is 1. The largest absolute Gasteiger partial charge is 0.493 e. The molecule has 0 aliphatic heterocycles. The molecule has 8 heteroatoms. The Morgan fingerprint density at radius 2 is 2.00 bits per heavy atom. The van der Waals surface area contributed by atoms with Crippen molar-refractivity contribution < 1.29 is 18.7 Å². The normalized spacial score (nSPS) is 10.5. The van der Waals surface area contributed by atoms with Crippen molar-refractivity contribution in [2.24, 2.45) is 5.10 Å². The fraction of sp³-hybridized carbons (Fsp3) is 0.0870. The molecule has 3 aromatic carbocycles. The van der Waals surface area contributed by atoms with E-state index in [-0.39, 0.29) is 17.7 Å². The average molecular weight is 438 g/mol. The van der Waals surface area contributed by atoms with Crippen LogP contribution >= 0.6 is 11.6 Å². The SMILES string of the molecule is COc1cc(/C=N\NC(=O)c2ccc(C#N)cc2F)ccc1OCc1ccccc1Cl. The number of methoxy groups -OCH3 is 1. The number of hydrogen-bond acceptors (Lipinski definition) is 5. The van der Waals surface area contributed by atoms with E-state index in [9.17, 15) is 9.18 Å². The third-order valence-corrected chi connectivity index (χ3v) is 4.62. The first-order valence-electron chi connectivity index (χ1n) is 9.09. The average Bonchev–Trinajstić information content (AvgIpc) is 2.78. The van der Waals surface area contributed by atoms with Crippen molar-refractivity contribution in [3.63, 3.8) is 0 Å². The van der Waals surface area contributed by atoms with Gasteiger partial charge in [0.2, 0.25) is 0 Å². The van der Waals surface area contributed by atoms with E-state index in [0.717, 1.165) is 11.6 Å². The Morgan fingerprint density at radius 1 is 1.19 bits per heavy atom. The number of nitrogens with zero attached hydrogens (tertiary/aromatic N) is 2. The third-order valence-electron chi connectivity index (χ3n) is 4.25. The predicted molar refractivity (Wildman–Crippen MR) is 115 cm³/mol. The molecule has 0 aliphatic carbocycles. The molecule has 156 valence electrons. The molecule has 0 saturated heterocycles. The molecule has 0 unspecified atom stereocenters. The van der Waals surface area contributed by atoms with Crippen molar-refractivity contribution in [2.75, 3.05) is 7.11 Å². The van der Waals surface area contributed by atoms with Crippen LogP contribution in [0.3, 0.4) is 0 Å². The Morgan fingerprint density at radius 3 is 2.71 bits per heavy atom. The Bertz CT molecular complexity index is 1170. The summed E-state index contributed by atoms with van der Waals surface area (Å²) in [7, 11) is 1.51. The van der Waals surface area contributed by atoms with Crippen molar-refractivity contribution >= 4 is 23.7 Å². The van der Waals surface area contributed by atoms with E-state index >= 15 is 0 Å². The first-order chi connectivity index (χ1) is 15.0. The van der Waals surface area contributed by atoms with Crippen LogP contribution in [0, 0.1) is 17.1 Å². The highest BCUT2D eigenvalue weighted by atomic mass is 35.5. The molecule has 0 fully saturated rings. The van der Waals surface area contributed by atoms with Gasteiger partial charge in [0.25, 0.3) is 5.91 Å². The predicted octanol–water partition coefficient (Wildman–Crippen LogP) is 4.70. The molecule has 31 heavy (non-hydrogen) atoms. The van der Waals surface area contributed by atoms with Gasteiger partial charge in [0.05, 0.1) is 30.5 Å². The highest BCUT2D eigenvalue weighted by Crippen LogP contribution is 2.29. The summed E-state index contributed by atoms with van der Waals surface area (Å²) in [6, 6.07) is 17.9. The quantitative estimate of drug-likeness (QED) is 0.429. The number of nitriles is 1. The lowest BCUT2D eigenvalue weighted by atomic mass is 10.1. The summed E-state index contributed by atoms with van der Waals surface area (Å²) in [5.41, 5.74) is 3.64. The maximum atomic E-state index is 13.9. The van der Waals surface area contributed by atoms with Gasteiger partial charge in [-0.2, -0.15) is 10.4 Å². The zero-order valence-corrected chi connectivity index (χ0v) is 17.2. The lowest BCUT2D eigenvalue weighted by Crippen LogP contribution is -2.19. The van der Waals surface area contributed by atoms with Crippen molar-refractivity contribution in [1.29, 1.82) is 5.26 Å². The van der Waals surface area contributed by atoms with Crippen molar-refractivity contribution in [3.05, 3.63) is 93.8 Å². The van der Waals surface area contributed by atoms with E-state index in [4.69, 9.17) is 26.3 Å². The van der Waals surface area contributed by atoms with Gasteiger partial charge < -0.3 is 9.47 Å². The van der Waals surface area contributed by atoms with Gasteiger partial charge in [0.1, 0.15) is 12.4 Å². The van der Waals surface area contributed by atoms with Gasteiger partial charge in [-0.25, -0.2) is 9.82 Å². The minimum Gasteiger partial charge on any atom is -0.493 e. The first-order valence-corrected chi connectivity index (χ1v) is 9.47. The molecule has 1 amide bonds. The second kappa shape index (κ2) is 10.2. The second-order valence-corrected chi connectivity index (χ2v) is 6.70. The molecule has 3 rings (SSSR count). The van der Waals surface area contributed by atoms with E-state index in [1.807, 2.05) is 18.2 Å². The number of rotatable bonds is 7. The maximum Gasteiger partial charge on any atom is 0.274 e. The summed E-state index contributed by atoms with van der Waals surface area (Å²) < 4.78 is 25.0. The Balaban J connectivity index is 1.65. The molecular formula is C23H17ClFN3O3. The number of amides is 1. The monoisotopic (exact) mass is 437 g/mol. The van der Waals surface area contributed by atoms with E-state index in [0.29, 0.717) is 22.1 Å². The van der Waals surface area contributed by atoms with Gasteiger partial charge in [-0.1, -0.05) is 29.8 Å². The van der Waals surface area contributed by atoms with E-state index < -0.39 is 11.7 Å². The fourth-order valence-corrected chi connectivity index (χ4v) is 2.84. The van der Waals surface area contributed by atoms with Crippen LogP contribution in [-0.4, -0.2) is 19.2 Å². The van der Waals surface area contributed by atoms with Gasteiger partial charge >= 0.3 is 0 Å². The minimum absolute atomic E-state index is 0.126. The second-order valence-electron chi connectivity index (χ2n) is 6.30. The molecule has 0 heterocycles. The molecule has 3 aromatic rings. The van der Waals surface area contributed by atoms with Crippen LogP contribution in [0.2, 0.25) is 5.02 Å². The summed E-state index contributed by atoms with van der Waals surface area (Å²) in [6.45, 7) is 0.273. The van der Waals surface area contributed by atoms with E-state index in [2.05, 4.69) is 10.5 Å². The van der Waals surface area contributed by atoms with Gasteiger partial charge in [-0.05, 0) is 48.0 Å². The van der Waals surface area contributed by atoms with Crippen molar-refractivity contribution in [3.8, 4) is 17.6 Å². The van der Waals surface area contributed by atoms with Crippen LogP contribution < -0.4 is 14.9 Å². The minimum atomic E-state index is -0.798. The third kappa shape index (κ3) is 5.59. The number of ether oxygens (including phenoxy) is 2. The number of halogens is 2. The van der Waals surface area contributed by atoms with E-state index in [1.54, 1.807) is 30.3 Å². The van der Waals surface area contributed by atoms with Crippen molar-refractivity contribution in [2.45, 2.75) is 6.61 Å². The van der Waals surface area contributed by atoms with Crippen LogP contribution in [-0.2, 0) is 6.61 Å². The molecule has 0 aromatic heterocycles. The zero-order valence-electron chi connectivity index (χ0n) is 16.4. The summed E-state index contributed by atoms with van der Waals surface area (Å²) in [5, 5.41) is 13.2. The smallest absolute Gasteiger partial charge is 0.274 e. The highest BCUT2D eigenvalue weighted by Gasteiger charge is 2.12. The van der Waals surface area contributed by atoms with Gasteiger partial charge in [-0.3, -0.25) is 4.79 Å². The summed E-state index contributed by atoms with van der Waals surface area (Å²) in [6.07, 6.45) is 1.39. The van der Waals surface area contributed by atoms with Gasteiger partial charge in [0, 0.05) is 10.6 Å². The van der Waals surface area contributed by atoms with Crippen LogP contribution in [0.1, 0.15) is 27.0 Å². The summed E-state index contributed by atoms with van der Waals surface area (Å²) in [4.78, 5) is 12.1. The van der Waals surface area contributed by atoms with Gasteiger partial charge in [0.15, 0.2) is 11.5 Å². The Kier molecular flexibility index (Phi) is 7.20. The van der Waals surface area contributed by atoms with Crippen LogP contribution in [0.5, 0.6) is 11.5 Å². The van der Waals surface area contributed by atoms with Crippen LogP contribution in [0.15, 0.2) is 65.8 Å². The molecule has 6 nitrogen and oxygen atoms in total. The molecule has 0 atom stereocenters. The maximum absolute atomic E-state index is 13.9. The first kappa shape index (κ1) is 21.8. The number of benzene rings is 3. The lowest BCUT2D eigenvalue weighted by Gasteiger charge is -2.12. The lowest BCUT2D eigenvalue weighted by molar-refractivity contribution is 0.0951. The zero-order chi connectivity index (χ0) is 22.2. The number of hydrogen-bond donors (Lipinski definition) is 1. The number of nitrogens with one attached hydrogen (secondary N) is 1. The van der Waals surface area contributed by atoms with Crippen LogP contribution in [0.25, 0.3) is 0 Å². The Hall–Kier alpha value is -3.89. The van der Waals surface area contributed by atoms with Crippen molar-refractivity contribution in [1.82, 2.24) is 5.43 Å². The number of carbonyl (C=O) groups excluding carboxylic acids is 1. The van der Waals surface area contributed by atoms with Crippen LogP contribution in [0.4, 0.5) is 4.39 Å². The van der Waals surface area contributed by atoms with Gasteiger partial charge in [-0.15, -0.1) is 0 Å². The fourth-order valence-electron chi connectivity index (χ4n) is 2.65. The van der Waals surface area contributed by atoms with E-state index in [1.165, 1.54) is 25.5 Å². The standard InChI is InChI=1S/C23H17ClFN3O3/c1-30-22-11-16(7-9-21(22)31-14-17-4-2-3-5-19(17)24)13-27-28-23(29)18-8-6-15(12-26)10-20(18)25/h2-11,13H,14H2,1H3,(H,28,29)/b27-13-. The molecule has 0 saturated carbocycles. The molecule has 0 spiro atoms. The highest BCUT2D eigenvalue weighted by molar-refractivity contribution is 6.31. The number of hydrazone groups is 1. The summed E-state index contributed by atoms with van der Waals surface area (Å²) in [5.74, 6) is -0.540.